The van der Waals surface area contributed by atoms with E-state index in [2.05, 4.69) is 19.1 Å². The zero-order valence-corrected chi connectivity index (χ0v) is 18.3. The van der Waals surface area contributed by atoms with Crippen molar-refractivity contribution < 1.29 is 13.5 Å². The first kappa shape index (κ1) is 22.5. The van der Waals surface area contributed by atoms with Crippen molar-refractivity contribution in [3.05, 3.63) is 65.7 Å². The summed E-state index contributed by atoms with van der Waals surface area (Å²) in [7, 11) is 0. The van der Waals surface area contributed by atoms with Gasteiger partial charge in [0.25, 0.3) is 0 Å². The van der Waals surface area contributed by atoms with Crippen LogP contribution in [0.4, 0.5) is 8.78 Å². The molecule has 2 aromatic rings. The average molecular weight is 413 g/mol. The molecule has 0 atom stereocenters. The van der Waals surface area contributed by atoms with Crippen LogP contribution in [-0.4, -0.2) is 6.61 Å². The lowest BCUT2D eigenvalue weighted by Crippen LogP contribution is -2.13. The summed E-state index contributed by atoms with van der Waals surface area (Å²) in [5, 5.41) is 0. The molecule has 2 aromatic carbocycles. The summed E-state index contributed by atoms with van der Waals surface area (Å²) in [6.45, 7) is 4.34. The van der Waals surface area contributed by atoms with Crippen LogP contribution >= 0.6 is 0 Å². The molecular weight excluding hydrogens is 378 g/mol. The largest absolute Gasteiger partial charge is 0.486 e. The highest BCUT2D eigenvalue weighted by molar-refractivity contribution is 5.65. The van der Waals surface area contributed by atoms with E-state index in [1.54, 1.807) is 12.1 Å². The van der Waals surface area contributed by atoms with Crippen molar-refractivity contribution in [2.24, 2.45) is 5.92 Å². The van der Waals surface area contributed by atoms with Gasteiger partial charge in [0.1, 0.15) is 6.61 Å². The van der Waals surface area contributed by atoms with Gasteiger partial charge in [-0.05, 0) is 67.7 Å². The van der Waals surface area contributed by atoms with Gasteiger partial charge < -0.3 is 4.74 Å². The molecule has 30 heavy (non-hydrogen) atoms. The normalized spacial score (nSPS) is 19.3. The molecule has 0 aliphatic heterocycles. The van der Waals surface area contributed by atoms with Crippen molar-refractivity contribution in [3.8, 4) is 16.9 Å². The van der Waals surface area contributed by atoms with E-state index in [0.29, 0.717) is 11.5 Å². The van der Waals surface area contributed by atoms with Crippen molar-refractivity contribution in [1.82, 2.24) is 0 Å². The smallest absolute Gasteiger partial charge is 0.201 e. The van der Waals surface area contributed by atoms with E-state index in [9.17, 15) is 8.78 Å². The number of unbranched alkanes of at least 4 members (excludes halogenated alkanes) is 2. The molecule has 1 saturated carbocycles. The van der Waals surface area contributed by atoms with Crippen LogP contribution in [0.3, 0.4) is 0 Å². The Kier molecular flexibility index (Phi) is 8.48. The van der Waals surface area contributed by atoms with Gasteiger partial charge in [0.2, 0.25) is 5.82 Å². The number of rotatable bonds is 9. The molecule has 0 heterocycles. The third kappa shape index (κ3) is 5.71. The molecule has 0 N–H and O–H groups in total. The molecule has 0 aromatic heterocycles. The highest BCUT2D eigenvalue weighted by atomic mass is 19.2. The van der Waals surface area contributed by atoms with Crippen molar-refractivity contribution in [2.45, 2.75) is 71.1 Å². The Hall–Kier alpha value is -2.16. The monoisotopic (exact) mass is 412 g/mol. The first-order chi connectivity index (χ1) is 14.6. The van der Waals surface area contributed by atoms with E-state index in [0.717, 1.165) is 5.92 Å². The molecule has 0 spiro atoms. The molecule has 0 radical (unpaired) electrons. The summed E-state index contributed by atoms with van der Waals surface area (Å²) in [6.07, 6.45) is 14.0. The van der Waals surface area contributed by atoms with Gasteiger partial charge in [-0.3, -0.25) is 0 Å². The fraction of sp³-hybridized carbons (Fsp3) is 0.481. The number of benzene rings is 2. The molecule has 0 bridgehead atoms. The van der Waals surface area contributed by atoms with Crippen molar-refractivity contribution in [1.29, 1.82) is 0 Å². The Labute approximate surface area is 180 Å². The number of ether oxygens (including phenoxy) is 1. The lowest BCUT2D eigenvalue weighted by molar-refractivity contribution is 0.303. The zero-order valence-electron chi connectivity index (χ0n) is 18.3. The molecule has 1 aliphatic rings. The van der Waals surface area contributed by atoms with Crippen molar-refractivity contribution >= 4 is 0 Å². The molecule has 0 amide bonds. The van der Waals surface area contributed by atoms with Crippen LogP contribution in [0.5, 0.6) is 5.75 Å². The summed E-state index contributed by atoms with van der Waals surface area (Å²) < 4.78 is 34.3. The molecule has 1 nitrogen and oxygen atoms in total. The van der Waals surface area contributed by atoms with E-state index < -0.39 is 11.6 Å². The Balaban J connectivity index is 1.63. The molecule has 1 aliphatic carbocycles. The maximum Gasteiger partial charge on any atom is 0.201 e. The molecule has 3 rings (SSSR count). The Morgan fingerprint density at radius 2 is 1.67 bits per heavy atom. The Morgan fingerprint density at radius 1 is 0.933 bits per heavy atom. The van der Waals surface area contributed by atoms with Gasteiger partial charge in [0.05, 0.1) is 0 Å². The molecule has 0 unspecified atom stereocenters. The van der Waals surface area contributed by atoms with Gasteiger partial charge in [0.15, 0.2) is 11.6 Å². The number of hydrogen-bond acceptors (Lipinski definition) is 1. The minimum atomic E-state index is -0.928. The summed E-state index contributed by atoms with van der Waals surface area (Å²) >= 11 is 0. The number of halogens is 2. The Bertz CT molecular complexity index is 818. The zero-order chi connectivity index (χ0) is 21.3. The summed E-state index contributed by atoms with van der Waals surface area (Å²) in [4.78, 5) is 0. The van der Waals surface area contributed by atoms with Gasteiger partial charge in [-0.15, -0.1) is 0 Å². The molecule has 162 valence electrons. The SMILES string of the molecule is C/C=C/COc1ccc(-c2ccc(C3CCC(CCCCC)CC3)cc2)c(F)c1F. The predicted octanol–water partition coefficient (Wildman–Crippen LogP) is 8.44. The minimum absolute atomic E-state index is 0.0540. The van der Waals surface area contributed by atoms with E-state index in [-0.39, 0.29) is 17.9 Å². The summed E-state index contributed by atoms with van der Waals surface area (Å²) in [5.41, 5.74) is 2.29. The minimum Gasteiger partial charge on any atom is -0.486 e. The summed E-state index contributed by atoms with van der Waals surface area (Å²) in [6, 6.07) is 11.1. The highest BCUT2D eigenvalue weighted by Crippen LogP contribution is 2.38. The fourth-order valence-electron chi connectivity index (χ4n) is 4.50. The highest BCUT2D eigenvalue weighted by Gasteiger charge is 2.22. The second-order valence-corrected chi connectivity index (χ2v) is 8.45. The van der Waals surface area contributed by atoms with Gasteiger partial charge in [-0.1, -0.05) is 69.0 Å². The van der Waals surface area contributed by atoms with E-state index in [1.807, 2.05) is 25.1 Å². The van der Waals surface area contributed by atoms with Crippen molar-refractivity contribution in [2.75, 3.05) is 6.61 Å². The predicted molar refractivity (Wildman–Crippen MR) is 121 cm³/mol. The fourth-order valence-corrected chi connectivity index (χ4v) is 4.50. The van der Waals surface area contributed by atoms with Gasteiger partial charge in [0, 0.05) is 5.56 Å². The average Bonchev–Trinajstić information content (AvgIpc) is 2.78. The van der Waals surface area contributed by atoms with Crippen LogP contribution in [0.2, 0.25) is 0 Å². The van der Waals surface area contributed by atoms with Crippen LogP contribution in [-0.2, 0) is 0 Å². The van der Waals surface area contributed by atoms with E-state index >= 15 is 0 Å². The molecular formula is C27H34F2O. The maximum atomic E-state index is 14.6. The lowest BCUT2D eigenvalue weighted by Gasteiger charge is -2.29. The second kappa shape index (κ2) is 11.3. The molecule has 0 saturated heterocycles. The lowest BCUT2D eigenvalue weighted by atomic mass is 9.77. The number of allylic oxidation sites excluding steroid dienone is 1. The van der Waals surface area contributed by atoms with Crippen LogP contribution in [0.15, 0.2) is 48.6 Å². The van der Waals surface area contributed by atoms with Crippen LogP contribution < -0.4 is 4.74 Å². The first-order valence-corrected chi connectivity index (χ1v) is 11.5. The van der Waals surface area contributed by atoms with Gasteiger partial charge in [-0.25, -0.2) is 4.39 Å². The van der Waals surface area contributed by atoms with E-state index in [1.165, 1.54) is 63.0 Å². The Morgan fingerprint density at radius 3 is 2.33 bits per heavy atom. The number of hydrogen-bond donors (Lipinski definition) is 0. The summed E-state index contributed by atoms with van der Waals surface area (Å²) in [5.74, 6) is -0.361. The second-order valence-electron chi connectivity index (χ2n) is 8.45. The van der Waals surface area contributed by atoms with E-state index in [4.69, 9.17) is 4.74 Å². The third-order valence-electron chi connectivity index (χ3n) is 6.37. The van der Waals surface area contributed by atoms with Crippen molar-refractivity contribution in [3.63, 3.8) is 0 Å². The molecule has 1 fully saturated rings. The van der Waals surface area contributed by atoms with Crippen LogP contribution in [0, 0.1) is 17.6 Å². The maximum absolute atomic E-state index is 14.6. The van der Waals surface area contributed by atoms with Gasteiger partial charge in [-0.2, -0.15) is 4.39 Å². The first-order valence-electron chi connectivity index (χ1n) is 11.5. The molecule has 3 heteroatoms. The quantitative estimate of drug-likeness (QED) is 0.296. The topological polar surface area (TPSA) is 9.23 Å². The third-order valence-corrected chi connectivity index (χ3v) is 6.37. The standard InChI is InChI=1S/C27H34F2O/c1-3-5-7-8-20-9-11-21(12-10-20)22-13-15-23(16-14-22)24-17-18-25(27(29)26(24)28)30-19-6-4-2/h4,6,13-18,20-21H,3,5,7-12,19H2,1-2H3/b6-4+. The van der Waals surface area contributed by atoms with Crippen LogP contribution in [0.1, 0.15) is 76.7 Å². The van der Waals surface area contributed by atoms with Gasteiger partial charge >= 0.3 is 0 Å². The van der Waals surface area contributed by atoms with Crippen LogP contribution in [0.25, 0.3) is 11.1 Å².